The summed E-state index contributed by atoms with van der Waals surface area (Å²) in [6.45, 7) is 4.90. The predicted octanol–water partition coefficient (Wildman–Crippen LogP) is -3.30. The van der Waals surface area contributed by atoms with Crippen molar-refractivity contribution in [1.29, 1.82) is 0 Å². The monoisotopic (exact) mass is 484 g/mol. The Balaban J connectivity index is 0.00000243. The Morgan fingerprint density at radius 1 is 0.893 bits per heavy atom. The van der Waals surface area contributed by atoms with E-state index in [1.807, 2.05) is 0 Å². The zero-order valence-electron chi connectivity index (χ0n) is 16.5. The fourth-order valence-corrected chi connectivity index (χ4v) is 8.96. The summed E-state index contributed by atoms with van der Waals surface area (Å²) in [5.74, 6) is 0. The molecule has 0 saturated heterocycles. The molecule has 0 radical (unpaired) electrons. The summed E-state index contributed by atoms with van der Waals surface area (Å²) >= 11 is 2.33. The van der Waals surface area contributed by atoms with E-state index < -0.39 is 8.07 Å². The molecule has 0 aliphatic heterocycles. The molecular formula is C23H27Cl3SiTi. The van der Waals surface area contributed by atoms with Gasteiger partial charge in [-0.1, -0.05) is 0 Å². The molecule has 1 aliphatic carbocycles. The molecule has 2 aromatic carbocycles. The zero-order valence-corrected chi connectivity index (χ0v) is 21.3. The van der Waals surface area contributed by atoms with Gasteiger partial charge in [-0.05, 0) is 0 Å². The topological polar surface area (TPSA) is 0 Å². The Hall–Kier alpha value is -0.279. The van der Waals surface area contributed by atoms with Gasteiger partial charge in [-0.3, -0.25) is 0 Å². The van der Waals surface area contributed by atoms with Gasteiger partial charge in [0.2, 0.25) is 0 Å². The number of allylic oxidation sites excluding steroid dienone is 4. The maximum atomic E-state index is 2.59. The van der Waals surface area contributed by atoms with Gasteiger partial charge >= 0.3 is 166 Å². The van der Waals surface area contributed by atoms with Crippen LogP contribution in [0.1, 0.15) is 31.7 Å². The number of hydrogen-bond donors (Lipinski definition) is 0. The molecule has 0 nitrogen and oxygen atoms in total. The SMILES string of the molecule is CCCC[Si](C)(C1=CC[C]([Ti+3])=C1Cc1ccccc1)c1ccccc1.[Cl-].[Cl-].[Cl-]. The molecule has 3 rings (SSSR count). The second-order valence-electron chi connectivity index (χ2n) is 7.24. The molecule has 0 saturated carbocycles. The predicted molar refractivity (Wildman–Crippen MR) is 107 cm³/mol. The van der Waals surface area contributed by atoms with Crippen LogP contribution in [0.3, 0.4) is 0 Å². The average Bonchev–Trinajstić information content (AvgIpc) is 3.02. The van der Waals surface area contributed by atoms with Crippen molar-refractivity contribution in [2.24, 2.45) is 0 Å². The first kappa shape index (κ1) is 27.7. The van der Waals surface area contributed by atoms with E-state index in [9.17, 15) is 0 Å². The maximum Gasteiger partial charge on any atom is -1.00 e. The smallest absolute Gasteiger partial charge is 1.00 e. The molecule has 0 amide bonds. The molecule has 2 aromatic rings. The summed E-state index contributed by atoms with van der Waals surface area (Å²) in [5.41, 5.74) is 3.06. The minimum Gasteiger partial charge on any atom is -1.00 e. The van der Waals surface area contributed by atoms with Crippen LogP contribution >= 0.6 is 0 Å². The van der Waals surface area contributed by atoms with Crippen molar-refractivity contribution in [2.75, 3.05) is 0 Å². The standard InChI is InChI=1S/C23H27Si.3ClH.Ti/c1-3-4-18-24(2,22-15-9-6-10-16-22)23-17-11-14-21(23)19-20-12-7-5-8-13-20;;;;/h5-10,12-13,15-17H,3-4,11,18-19H2,1-2H3;3*1H;/q;;;;+3/p-3. The van der Waals surface area contributed by atoms with Gasteiger partial charge in [-0.25, -0.2) is 0 Å². The van der Waals surface area contributed by atoms with Crippen molar-refractivity contribution in [3.63, 3.8) is 0 Å². The van der Waals surface area contributed by atoms with E-state index in [0.29, 0.717) is 0 Å². The van der Waals surface area contributed by atoms with E-state index in [1.54, 1.807) is 19.8 Å². The molecule has 5 heteroatoms. The normalized spacial score (nSPS) is 14.9. The van der Waals surface area contributed by atoms with E-state index in [-0.39, 0.29) is 37.2 Å². The molecule has 0 fully saturated rings. The third kappa shape index (κ3) is 6.36. The fourth-order valence-electron chi connectivity index (χ4n) is 3.94. The second kappa shape index (κ2) is 13.1. The van der Waals surface area contributed by atoms with Crippen LogP contribution in [0.4, 0.5) is 0 Å². The summed E-state index contributed by atoms with van der Waals surface area (Å²) < 4.78 is 1.57. The van der Waals surface area contributed by atoms with Crippen LogP contribution in [0.25, 0.3) is 0 Å². The van der Waals surface area contributed by atoms with Gasteiger partial charge in [0.25, 0.3) is 0 Å². The molecule has 1 aliphatic rings. The van der Waals surface area contributed by atoms with Crippen molar-refractivity contribution in [3.05, 3.63) is 87.0 Å². The third-order valence-electron chi connectivity index (χ3n) is 5.46. The van der Waals surface area contributed by atoms with E-state index >= 15 is 0 Å². The maximum absolute atomic E-state index is 2.59. The minimum atomic E-state index is -1.67. The van der Waals surface area contributed by atoms with Gasteiger partial charge in [0.05, 0.1) is 0 Å². The van der Waals surface area contributed by atoms with Gasteiger partial charge in [0.15, 0.2) is 0 Å². The minimum absolute atomic E-state index is 0. The summed E-state index contributed by atoms with van der Waals surface area (Å²) in [5, 5.41) is 3.29. The number of unbranched alkanes of at least 4 members (excludes halogenated alkanes) is 1. The summed E-state index contributed by atoms with van der Waals surface area (Å²) in [6.07, 6.45) is 7.38. The largest absolute Gasteiger partial charge is 1.00 e. The van der Waals surface area contributed by atoms with Gasteiger partial charge in [0, 0.05) is 0 Å². The fraction of sp³-hybridized carbons (Fsp3) is 0.304. The van der Waals surface area contributed by atoms with Gasteiger partial charge in [-0.15, -0.1) is 0 Å². The summed E-state index contributed by atoms with van der Waals surface area (Å²) in [4.78, 5) is 0. The Morgan fingerprint density at radius 3 is 2.04 bits per heavy atom. The molecular weight excluding hydrogens is 459 g/mol. The molecule has 0 heterocycles. The van der Waals surface area contributed by atoms with E-state index in [0.717, 1.165) is 12.8 Å². The second-order valence-corrected chi connectivity index (χ2v) is 12.5. The average molecular weight is 486 g/mol. The quantitative estimate of drug-likeness (QED) is 0.361. The number of rotatable bonds is 7. The van der Waals surface area contributed by atoms with E-state index in [2.05, 4.69) is 101 Å². The molecule has 148 valence electrons. The molecule has 0 N–H and O–H groups in total. The Labute approximate surface area is 201 Å². The van der Waals surface area contributed by atoms with Crippen molar-refractivity contribution < 1.29 is 57.7 Å². The van der Waals surface area contributed by atoms with Crippen LogP contribution in [-0.2, 0) is 26.9 Å². The number of hydrogen-bond acceptors (Lipinski definition) is 0. The van der Waals surface area contributed by atoms with Gasteiger partial charge in [-0.2, -0.15) is 0 Å². The van der Waals surface area contributed by atoms with Crippen LogP contribution in [0.2, 0.25) is 12.6 Å². The summed E-state index contributed by atoms with van der Waals surface area (Å²) in [7, 11) is -1.67. The van der Waals surface area contributed by atoms with Crippen LogP contribution < -0.4 is 42.4 Å². The molecule has 1 atom stereocenters. The van der Waals surface area contributed by atoms with Gasteiger partial charge in [0.1, 0.15) is 0 Å². The first-order valence-corrected chi connectivity index (χ1v) is 12.9. The molecule has 0 spiro atoms. The molecule has 0 bridgehead atoms. The first-order valence-electron chi connectivity index (χ1n) is 9.39. The Kier molecular flexibility index (Phi) is 13.0. The van der Waals surface area contributed by atoms with Crippen molar-refractivity contribution in [3.8, 4) is 0 Å². The Bertz CT molecular complexity index is 775. The number of benzene rings is 2. The van der Waals surface area contributed by atoms with Crippen LogP contribution in [0.15, 0.2) is 81.4 Å². The van der Waals surface area contributed by atoms with Crippen molar-refractivity contribution in [2.45, 2.75) is 45.2 Å². The van der Waals surface area contributed by atoms with E-state index in [4.69, 9.17) is 0 Å². The molecule has 28 heavy (non-hydrogen) atoms. The van der Waals surface area contributed by atoms with E-state index in [1.165, 1.54) is 24.4 Å². The van der Waals surface area contributed by atoms with Crippen LogP contribution in [-0.4, -0.2) is 8.07 Å². The van der Waals surface area contributed by atoms with Crippen LogP contribution in [0, 0.1) is 0 Å². The first-order chi connectivity index (χ1) is 12.1. The summed E-state index contributed by atoms with van der Waals surface area (Å²) in [6, 6.07) is 23.6. The van der Waals surface area contributed by atoms with Gasteiger partial charge < -0.3 is 37.2 Å². The van der Waals surface area contributed by atoms with Crippen molar-refractivity contribution >= 4 is 13.3 Å². The third-order valence-corrected chi connectivity index (χ3v) is 10.9. The Morgan fingerprint density at radius 2 is 1.46 bits per heavy atom. The number of halogens is 3. The molecule has 1 unspecified atom stereocenters. The van der Waals surface area contributed by atoms with Crippen LogP contribution in [0.5, 0.6) is 0 Å². The van der Waals surface area contributed by atoms with Crippen molar-refractivity contribution in [1.82, 2.24) is 0 Å². The molecule has 0 aromatic heterocycles. The zero-order chi connectivity index (χ0) is 17.7.